The van der Waals surface area contributed by atoms with Crippen LogP contribution in [0.3, 0.4) is 0 Å². The van der Waals surface area contributed by atoms with Crippen LogP contribution in [0.5, 0.6) is 5.75 Å². The van der Waals surface area contributed by atoms with E-state index in [4.69, 9.17) is 0 Å². The SMILES string of the molecule is Oc1ccc(-c2ccnn2C2CNC2)cc1. The number of phenolic OH excluding ortho intramolecular Hbond substituents is 1. The minimum Gasteiger partial charge on any atom is -0.508 e. The average molecular weight is 215 g/mol. The molecule has 0 aliphatic carbocycles. The van der Waals surface area contributed by atoms with Crippen molar-refractivity contribution in [3.05, 3.63) is 36.5 Å². The van der Waals surface area contributed by atoms with Crippen molar-refractivity contribution < 1.29 is 5.11 Å². The molecule has 16 heavy (non-hydrogen) atoms. The minimum absolute atomic E-state index is 0.292. The van der Waals surface area contributed by atoms with Gasteiger partial charge in [-0.1, -0.05) is 0 Å². The summed E-state index contributed by atoms with van der Waals surface area (Å²) in [5.74, 6) is 0.292. The largest absolute Gasteiger partial charge is 0.508 e. The Labute approximate surface area is 93.5 Å². The second-order valence-electron chi connectivity index (χ2n) is 4.02. The van der Waals surface area contributed by atoms with E-state index >= 15 is 0 Å². The van der Waals surface area contributed by atoms with Gasteiger partial charge in [0, 0.05) is 24.8 Å². The summed E-state index contributed by atoms with van der Waals surface area (Å²) in [6.07, 6.45) is 1.82. The molecule has 1 aromatic heterocycles. The average Bonchev–Trinajstić information content (AvgIpc) is 2.65. The predicted octanol–water partition coefficient (Wildman–Crippen LogP) is 1.40. The summed E-state index contributed by atoms with van der Waals surface area (Å²) >= 11 is 0. The van der Waals surface area contributed by atoms with E-state index in [2.05, 4.69) is 10.4 Å². The molecule has 1 fully saturated rings. The van der Waals surface area contributed by atoms with Crippen molar-refractivity contribution in [3.8, 4) is 17.0 Å². The van der Waals surface area contributed by atoms with Gasteiger partial charge in [-0.05, 0) is 30.3 Å². The van der Waals surface area contributed by atoms with E-state index in [0.717, 1.165) is 24.3 Å². The number of aromatic nitrogens is 2. The molecular formula is C12H13N3O. The van der Waals surface area contributed by atoms with Gasteiger partial charge in [-0.25, -0.2) is 0 Å². The summed E-state index contributed by atoms with van der Waals surface area (Å²) in [5.41, 5.74) is 2.19. The maximum Gasteiger partial charge on any atom is 0.115 e. The summed E-state index contributed by atoms with van der Waals surface area (Å²) < 4.78 is 2.04. The lowest BCUT2D eigenvalue weighted by molar-refractivity contribution is 0.321. The Hall–Kier alpha value is -1.81. The number of nitrogens with one attached hydrogen (secondary N) is 1. The quantitative estimate of drug-likeness (QED) is 0.796. The van der Waals surface area contributed by atoms with Gasteiger partial charge in [-0.2, -0.15) is 5.10 Å². The van der Waals surface area contributed by atoms with E-state index in [0.29, 0.717) is 11.8 Å². The molecule has 0 atom stereocenters. The third-order valence-electron chi connectivity index (χ3n) is 2.94. The molecule has 1 aromatic carbocycles. The predicted molar refractivity (Wildman–Crippen MR) is 61.2 cm³/mol. The van der Waals surface area contributed by atoms with Crippen molar-refractivity contribution >= 4 is 0 Å². The molecule has 3 rings (SSSR count). The molecule has 82 valence electrons. The normalized spacial score (nSPS) is 16.0. The fourth-order valence-corrected chi connectivity index (χ4v) is 1.91. The first kappa shape index (κ1) is 9.42. The maximum absolute atomic E-state index is 9.26. The van der Waals surface area contributed by atoms with Gasteiger partial charge < -0.3 is 10.4 Å². The van der Waals surface area contributed by atoms with Crippen LogP contribution in [0.1, 0.15) is 6.04 Å². The van der Waals surface area contributed by atoms with Gasteiger partial charge in [-0.15, -0.1) is 0 Å². The van der Waals surface area contributed by atoms with Crippen molar-refractivity contribution in [1.82, 2.24) is 15.1 Å². The van der Waals surface area contributed by atoms with Gasteiger partial charge in [0.05, 0.1) is 11.7 Å². The van der Waals surface area contributed by atoms with Crippen LogP contribution in [0.25, 0.3) is 11.3 Å². The monoisotopic (exact) mass is 215 g/mol. The van der Waals surface area contributed by atoms with Crippen LogP contribution < -0.4 is 5.32 Å². The van der Waals surface area contributed by atoms with Crippen LogP contribution in [-0.2, 0) is 0 Å². The zero-order chi connectivity index (χ0) is 11.0. The molecule has 4 heteroatoms. The highest BCUT2D eigenvalue weighted by Crippen LogP contribution is 2.25. The first-order valence-electron chi connectivity index (χ1n) is 5.38. The molecule has 2 N–H and O–H groups in total. The van der Waals surface area contributed by atoms with Crippen molar-refractivity contribution in [1.29, 1.82) is 0 Å². The molecule has 0 radical (unpaired) electrons. The van der Waals surface area contributed by atoms with E-state index in [1.54, 1.807) is 12.1 Å². The van der Waals surface area contributed by atoms with E-state index in [1.165, 1.54) is 0 Å². The molecule has 2 aromatic rings. The summed E-state index contributed by atoms with van der Waals surface area (Å²) in [6, 6.07) is 9.69. The van der Waals surface area contributed by atoms with Gasteiger partial charge in [0.1, 0.15) is 5.75 Å². The number of hydrogen-bond donors (Lipinski definition) is 2. The fraction of sp³-hybridized carbons (Fsp3) is 0.250. The third-order valence-corrected chi connectivity index (χ3v) is 2.94. The molecule has 0 amide bonds. The van der Waals surface area contributed by atoms with Gasteiger partial charge in [0.15, 0.2) is 0 Å². The van der Waals surface area contributed by atoms with Crippen molar-refractivity contribution in [3.63, 3.8) is 0 Å². The Morgan fingerprint density at radius 1 is 1.19 bits per heavy atom. The van der Waals surface area contributed by atoms with Crippen LogP contribution in [0.2, 0.25) is 0 Å². The number of aromatic hydroxyl groups is 1. The topological polar surface area (TPSA) is 50.1 Å². The van der Waals surface area contributed by atoms with Gasteiger partial charge >= 0.3 is 0 Å². The van der Waals surface area contributed by atoms with Gasteiger partial charge in [-0.3, -0.25) is 4.68 Å². The molecule has 1 saturated heterocycles. The van der Waals surface area contributed by atoms with E-state index in [1.807, 2.05) is 29.1 Å². The Bertz CT molecular complexity index is 485. The highest BCUT2D eigenvalue weighted by Gasteiger charge is 2.21. The minimum atomic E-state index is 0.292. The first-order valence-corrected chi connectivity index (χ1v) is 5.38. The molecule has 0 spiro atoms. The van der Waals surface area contributed by atoms with E-state index < -0.39 is 0 Å². The van der Waals surface area contributed by atoms with Crippen molar-refractivity contribution in [2.24, 2.45) is 0 Å². The summed E-state index contributed by atoms with van der Waals surface area (Å²) in [6.45, 7) is 1.96. The number of phenols is 1. The van der Waals surface area contributed by atoms with E-state index in [-0.39, 0.29) is 0 Å². The molecular weight excluding hydrogens is 202 g/mol. The Balaban J connectivity index is 1.99. The lowest BCUT2D eigenvalue weighted by Crippen LogP contribution is -2.44. The Morgan fingerprint density at radius 3 is 2.56 bits per heavy atom. The Kier molecular flexibility index (Phi) is 2.15. The van der Waals surface area contributed by atoms with Crippen LogP contribution in [-0.4, -0.2) is 28.0 Å². The Morgan fingerprint density at radius 2 is 1.94 bits per heavy atom. The standard InChI is InChI=1S/C12H13N3O/c16-11-3-1-9(2-4-11)12-5-6-14-15(12)10-7-13-8-10/h1-6,10,13,16H,7-8H2. The number of rotatable bonds is 2. The van der Waals surface area contributed by atoms with Crippen LogP contribution in [0.15, 0.2) is 36.5 Å². The maximum atomic E-state index is 9.26. The first-order chi connectivity index (χ1) is 7.84. The highest BCUT2D eigenvalue weighted by molar-refractivity contribution is 5.60. The van der Waals surface area contributed by atoms with Crippen LogP contribution in [0.4, 0.5) is 0 Å². The van der Waals surface area contributed by atoms with Crippen LogP contribution in [0, 0.1) is 0 Å². The molecule has 1 aliphatic rings. The molecule has 0 unspecified atom stereocenters. The zero-order valence-corrected chi connectivity index (χ0v) is 8.80. The zero-order valence-electron chi connectivity index (χ0n) is 8.80. The smallest absolute Gasteiger partial charge is 0.115 e. The van der Waals surface area contributed by atoms with Crippen LogP contribution >= 0.6 is 0 Å². The fourth-order valence-electron chi connectivity index (χ4n) is 1.91. The number of hydrogen-bond acceptors (Lipinski definition) is 3. The lowest BCUT2D eigenvalue weighted by atomic mass is 10.1. The van der Waals surface area contributed by atoms with Crippen molar-refractivity contribution in [2.75, 3.05) is 13.1 Å². The summed E-state index contributed by atoms with van der Waals surface area (Å²) in [4.78, 5) is 0. The lowest BCUT2D eigenvalue weighted by Gasteiger charge is -2.28. The second kappa shape index (κ2) is 3.64. The summed E-state index contributed by atoms with van der Waals surface area (Å²) in [5, 5.41) is 16.8. The third kappa shape index (κ3) is 1.47. The van der Waals surface area contributed by atoms with Crippen molar-refractivity contribution in [2.45, 2.75) is 6.04 Å². The molecule has 0 bridgehead atoms. The number of nitrogens with zero attached hydrogens (tertiary/aromatic N) is 2. The highest BCUT2D eigenvalue weighted by atomic mass is 16.3. The molecule has 4 nitrogen and oxygen atoms in total. The molecule has 1 aliphatic heterocycles. The van der Waals surface area contributed by atoms with Gasteiger partial charge in [0.2, 0.25) is 0 Å². The number of benzene rings is 1. The summed E-state index contributed by atoms with van der Waals surface area (Å²) in [7, 11) is 0. The second-order valence-corrected chi connectivity index (χ2v) is 4.02. The van der Waals surface area contributed by atoms with E-state index in [9.17, 15) is 5.11 Å². The van der Waals surface area contributed by atoms with Gasteiger partial charge in [0.25, 0.3) is 0 Å². The molecule has 0 saturated carbocycles. The molecule has 2 heterocycles.